The van der Waals surface area contributed by atoms with Crippen LogP contribution in [0.5, 0.6) is 5.75 Å². The van der Waals surface area contributed by atoms with Crippen LogP contribution in [0.25, 0.3) is 0 Å². The van der Waals surface area contributed by atoms with Crippen LogP contribution in [0.1, 0.15) is 0 Å². The maximum atomic E-state index is 11.5. The molecule has 17 heavy (non-hydrogen) atoms. The highest BCUT2D eigenvalue weighted by molar-refractivity contribution is 5.99. The number of amides is 2. The second kappa shape index (κ2) is 4.98. The van der Waals surface area contributed by atoms with Crippen molar-refractivity contribution in [1.82, 2.24) is 4.98 Å². The predicted octanol–water partition coefficient (Wildman–Crippen LogP) is 2.43. The first-order valence-electron chi connectivity index (χ1n) is 5.02. The fraction of sp³-hybridized carbons (Fsp3) is 0. The Balaban J connectivity index is 1.96. The molecule has 86 valence electrons. The molecule has 1 aromatic carbocycles. The molecule has 0 aliphatic carbocycles. The molecule has 0 spiro atoms. The van der Waals surface area contributed by atoms with Gasteiger partial charge in [0, 0.05) is 5.69 Å². The highest BCUT2D eigenvalue weighted by Crippen LogP contribution is 2.10. The van der Waals surface area contributed by atoms with Gasteiger partial charge < -0.3 is 10.4 Å². The zero-order valence-corrected chi connectivity index (χ0v) is 8.92. The van der Waals surface area contributed by atoms with E-state index in [2.05, 4.69) is 15.6 Å². The first-order chi connectivity index (χ1) is 8.24. The standard InChI is InChI=1S/C12H11N3O2/c16-10-6-7-11(13-8-10)15-12(17)14-9-4-2-1-3-5-9/h1-8,16H,(H2,13,14,15,17). The molecule has 0 aliphatic heterocycles. The lowest BCUT2D eigenvalue weighted by molar-refractivity contribution is 0.262. The quantitative estimate of drug-likeness (QED) is 0.740. The van der Waals surface area contributed by atoms with Gasteiger partial charge in [0.2, 0.25) is 0 Å². The summed E-state index contributed by atoms with van der Waals surface area (Å²) in [5.74, 6) is 0.426. The Kier molecular flexibility index (Phi) is 3.20. The molecule has 0 radical (unpaired) electrons. The largest absolute Gasteiger partial charge is 0.506 e. The minimum absolute atomic E-state index is 0.0546. The summed E-state index contributed by atoms with van der Waals surface area (Å²) in [6.07, 6.45) is 1.26. The number of rotatable bonds is 2. The molecule has 2 aromatic rings. The molecule has 0 fully saturated rings. The van der Waals surface area contributed by atoms with E-state index in [9.17, 15) is 4.79 Å². The Morgan fingerprint density at radius 1 is 1.06 bits per heavy atom. The average molecular weight is 229 g/mol. The highest BCUT2D eigenvalue weighted by Gasteiger charge is 2.02. The minimum atomic E-state index is -0.380. The fourth-order valence-corrected chi connectivity index (χ4v) is 1.26. The molecule has 2 rings (SSSR count). The summed E-state index contributed by atoms with van der Waals surface area (Å²) in [7, 11) is 0. The van der Waals surface area contributed by atoms with Crippen molar-refractivity contribution >= 4 is 17.5 Å². The zero-order valence-electron chi connectivity index (χ0n) is 8.92. The van der Waals surface area contributed by atoms with E-state index in [4.69, 9.17) is 5.11 Å². The van der Waals surface area contributed by atoms with E-state index in [0.717, 1.165) is 0 Å². The molecule has 5 heteroatoms. The summed E-state index contributed by atoms with van der Waals surface area (Å²) in [6.45, 7) is 0. The molecule has 0 unspecified atom stereocenters. The van der Waals surface area contributed by atoms with Gasteiger partial charge in [0.1, 0.15) is 11.6 Å². The number of carbonyl (C=O) groups excluding carboxylic acids is 1. The molecule has 0 saturated heterocycles. The first-order valence-corrected chi connectivity index (χ1v) is 5.02. The van der Waals surface area contributed by atoms with Crippen molar-refractivity contribution in [2.75, 3.05) is 10.6 Å². The number of nitrogens with one attached hydrogen (secondary N) is 2. The van der Waals surface area contributed by atoms with Gasteiger partial charge >= 0.3 is 6.03 Å². The number of carbonyl (C=O) groups is 1. The Labute approximate surface area is 98.1 Å². The second-order valence-corrected chi connectivity index (χ2v) is 3.35. The first kappa shape index (κ1) is 10.9. The predicted molar refractivity (Wildman–Crippen MR) is 65.0 cm³/mol. The van der Waals surface area contributed by atoms with E-state index < -0.39 is 0 Å². The second-order valence-electron chi connectivity index (χ2n) is 3.35. The number of hydrogen-bond acceptors (Lipinski definition) is 3. The van der Waals surface area contributed by atoms with Crippen molar-refractivity contribution in [3.8, 4) is 5.75 Å². The third-order valence-corrected chi connectivity index (χ3v) is 2.02. The van der Waals surface area contributed by atoms with Gasteiger partial charge in [0.05, 0.1) is 6.20 Å². The van der Waals surface area contributed by atoms with Crippen molar-refractivity contribution in [2.24, 2.45) is 0 Å². The fourth-order valence-electron chi connectivity index (χ4n) is 1.26. The number of urea groups is 1. The molecule has 3 N–H and O–H groups in total. The molecule has 2 amide bonds. The summed E-state index contributed by atoms with van der Waals surface area (Å²) in [6, 6.07) is 11.7. The lowest BCUT2D eigenvalue weighted by Gasteiger charge is -2.06. The number of nitrogens with zero attached hydrogens (tertiary/aromatic N) is 1. The smallest absolute Gasteiger partial charge is 0.324 e. The zero-order chi connectivity index (χ0) is 12.1. The van der Waals surface area contributed by atoms with E-state index in [-0.39, 0.29) is 11.8 Å². The SMILES string of the molecule is O=C(Nc1ccccc1)Nc1ccc(O)cn1. The van der Waals surface area contributed by atoms with Crippen molar-refractivity contribution in [1.29, 1.82) is 0 Å². The van der Waals surface area contributed by atoms with Crippen LogP contribution in [0.4, 0.5) is 16.3 Å². The molecular weight excluding hydrogens is 218 g/mol. The maximum Gasteiger partial charge on any atom is 0.324 e. The van der Waals surface area contributed by atoms with Crippen LogP contribution in [0.3, 0.4) is 0 Å². The lowest BCUT2D eigenvalue weighted by Crippen LogP contribution is -2.19. The number of pyridine rings is 1. The normalized spacial score (nSPS) is 9.65. The molecular formula is C12H11N3O2. The van der Waals surface area contributed by atoms with E-state index in [0.29, 0.717) is 11.5 Å². The van der Waals surface area contributed by atoms with Crippen LogP contribution < -0.4 is 10.6 Å². The van der Waals surface area contributed by atoms with Gasteiger partial charge in [0.25, 0.3) is 0 Å². The number of benzene rings is 1. The molecule has 0 aliphatic rings. The van der Waals surface area contributed by atoms with Crippen molar-refractivity contribution in [3.05, 3.63) is 48.7 Å². The van der Waals surface area contributed by atoms with Crippen molar-refractivity contribution < 1.29 is 9.90 Å². The Morgan fingerprint density at radius 3 is 2.47 bits per heavy atom. The number of hydrogen-bond donors (Lipinski definition) is 3. The van der Waals surface area contributed by atoms with Gasteiger partial charge in [-0.2, -0.15) is 0 Å². The number of para-hydroxylation sites is 1. The molecule has 1 heterocycles. The van der Waals surface area contributed by atoms with Crippen LogP contribution in [0.2, 0.25) is 0 Å². The van der Waals surface area contributed by atoms with Gasteiger partial charge in [-0.05, 0) is 24.3 Å². The van der Waals surface area contributed by atoms with Crippen LogP contribution in [0, 0.1) is 0 Å². The van der Waals surface area contributed by atoms with E-state index >= 15 is 0 Å². The summed E-state index contributed by atoms with van der Waals surface area (Å²) in [5.41, 5.74) is 0.698. The minimum Gasteiger partial charge on any atom is -0.506 e. The lowest BCUT2D eigenvalue weighted by atomic mass is 10.3. The molecule has 0 bridgehead atoms. The van der Waals surface area contributed by atoms with Gasteiger partial charge in [-0.15, -0.1) is 0 Å². The Bertz CT molecular complexity index is 497. The van der Waals surface area contributed by atoms with Gasteiger partial charge in [-0.3, -0.25) is 5.32 Å². The van der Waals surface area contributed by atoms with E-state index in [1.807, 2.05) is 18.2 Å². The summed E-state index contributed by atoms with van der Waals surface area (Å²) >= 11 is 0. The van der Waals surface area contributed by atoms with Gasteiger partial charge in [0.15, 0.2) is 0 Å². The Morgan fingerprint density at radius 2 is 1.82 bits per heavy atom. The highest BCUT2D eigenvalue weighted by atomic mass is 16.3. The summed E-state index contributed by atoms with van der Waals surface area (Å²) < 4.78 is 0. The van der Waals surface area contributed by atoms with Gasteiger partial charge in [-0.1, -0.05) is 18.2 Å². The third-order valence-electron chi connectivity index (χ3n) is 2.02. The van der Waals surface area contributed by atoms with Gasteiger partial charge in [-0.25, -0.2) is 9.78 Å². The third kappa shape index (κ3) is 3.20. The average Bonchev–Trinajstić information content (AvgIpc) is 2.33. The molecule has 0 saturated carbocycles. The van der Waals surface area contributed by atoms with Crippen LogP contribution in [-0.2, 0) is 0 Å². The maximum absolute atomic E-state index is 11.5. The summed E-state index contributed by atoms with van der Waals surface area (Å²) in [5, 5.41) is 14.2. The molecule has 1 aromatic heterocycles. The number of aromatic nitrogens is 1. The summed E-state index contributed by atoms with van der Waals surface area (Å²) in [4.78, 5) is 15.4. The molecule has 0 atom stereocenters. The molecule has 5 nitrogen and oxygen atoms in total. The monoisotopic (exact) mass is 229 g/mol. The van der Waals surface area contributed by atoms with E-state index in [1.165, 1.54) is 18.3 Å². The van der Waals surface area contributed by atoms with Crippen LogP contribution >= 0.6 is 0 Å². The topological polar surface area (TPSA) is 74.2 Å². The van der Waals surface area contributed by atoms with Crippen molar-refractivity contribution in [3.63, 3.8) is 0 Å². The van der Waals surface area contributed by atoms with Crippen LogP contribution in [-0.4, -0.2) is 16.1 Å². The number of aromatic hydroxyl groups is 1. The Hall–Kier alpha value is -2.56. The van der Waals surface area contributed by atoms with E-state index in [1.54, 1.807) is 12.1 Å². The number of anilines is 2. The van der Waals surface area contributed by atoms with Crippen LogP contribution in [0.15, 0.2) is 48.7 Å². The van der Waals surface area contributed by atoms with Crippen molar-refractivity contribution in [2.45, 2.75) is 0 Å².